The van der Waals surface area contributed by atoms with Gasteiger partial charge in [0, 0.05) is 19.0 Å². The molecular weight excluding hydrogens is 292 g/mol. The van der Waals surface area contributed by atoms with Crippen molar-refractivity contribution in [1.82, 2.24) is 10.2 Å². The first-order valence-electron chi connectivity index (χ1n) is 8.31. The van der Waals surface area contributed by atoms with Crippen LogP contribution >= 0.6 is 0 Å². The second kappa shape index (κ2) is 5.18. The maximum atomic E-state index is 13.0. The number of amides is 3. The Morgan fingerprint density at radius 2 is 1.91 bits per heavy atom. The zero-order valence-electron chi connectivity index (χ0n) is 13.0. The van der Waals surface area contributed by atoms with Crippen LogP contribution in [0.25, 0.3) is 0 Å². The van der Waals surface area contributed by atoms with Crippen LogP contribution in [-0.4, -0.2) is 28.7 Å². The molecule has 1 saturated carbocycles. The highest BCUT2D eigenvalue weighted by molar-refractivity contribution is 6.07. The van der Waals surface area contributed by atoms with Gasteiger partial charge in [0.25, 0.3) is 0 Å². The molecule has 23 heavy (non-hydrogen) atoms. The van der Waals surface area contributed by atoms with Gasteiger partial charge < -0.3 is 4.90 Å². The molecule has 3 amide bonds. The fourth-order valence-corrected chi connectivity index (χ4v) is 4.73. The third-order valence-electron chi connectivity index (χ3n) is 5.75. The number of hydrogen-bond donors (Lipinski definition) is 1. The summed E-state index contributed by atoms with van der Waals surface area (Å²) in [5, 5.41) is 2.49. The van der Waals surface area contributed by atoms with E-state index in [1.54, 1.807) is 0 Å². The first kappa shape index (κ1) is 14.4. The number of nitrogens with one attached hydrogen (secondary N) is 1. The minimum Gasteiger partial charge on any atom is -0.334 e. The van der Waals surface area contributed by atoms with Gasteiger partial charge in [0.1, 0.15) is 0 Å². The molecule has 2 saturated heterocycles. The Kier molecular flexibility index (Phi) is 3.25. The molecule has 0 aromatic heterocycles. The Morgan fingerprint density at radius 1 is 1.13 bits per heavy atom. The van der Waals surface area contributed by atoms with Gasteiger partial charge in [-0.2, -0.15) is 0 Å². The van der Waals surface area contributed by atoms with Crippen molar-refractivity contribution < 1.29 is 14.4 Å². The lowest BCUT2D eigenvalue weighted by Gasteiger charge is -2.43. The first-order chi connectivity index (χ1) is 11.1. The van der Waals surface area contributed by atoms with Crippen molar-refractivity contribution in [2.75, 3.05) is 0 Å². The summed E-state index contributed by atoms with van der Waals surface area (Å²) in [6.45, 7) is 0.518. The molecule has 2 aliphatic heterocycles. The van der Waals surface area contributed by atoms with Crippen LogP contribution < -0.4 is 5.32 Å². The molecule has 3 fully saturated rings. The molecule has 1 aromatic carbocycles. The molecule has 3 atom stereocenters. The summed E-state index contributed by atoms with van der Waals surface area (Å²) < 4.78 is 0. The summed E-state index contributed by atoms with van der Waals surface area (Å²) >= 11 is 0. The largest absolute Gasteiger partial charge is 0.334 e. The Morgan fingerprint density at radius 3 is 2.70 bits per heavy atom. The second-order valence-corrected chi connectivity index (χ2v) is 6.89. The highest BCUT2D eigenvalue weighted by Crippen LogP contribution is 2.54. The van der Waals surface area contributed by atoms with Crippen LogP contribution in [0, 0.1) is 11.3 Å². The van der Waals surface area contributed by atoms with Gasteiger partial charge >= 0.3 is 0 Å². The zero-order chi connectivity index (χ0) is 16.0. The summed E-state index contributed by atoms with van der Waals surface area (Å²) in [4.78, 5) is 39.3. The topological polar surface area (TPSA) is 66.5 Å². The zero-order valence-corrected chi connectivity index (χ0v) is 13.0. The number of rotatable bonds is 2. The van der Waals surface area contributed by atoms with Crippen molar-refractivity contribution in [2.24, 2.45) is 11.3 Å². The van der Waals surface area contributed by atoms with Gasteiger partial charge in [-0.05, 0) is 18.4 Å². The average molecular weight is 312 g/mol. The van der Waals surface area contributed by atoms with E-state index in [9.17, 15) is 14.4 Å². The molecule has 1 N–H and O–H groups in total. The number of carbonyl (C=O) groups excluding carboxylic acids is 3. The lowest BCUT2D eigenvalue weighted by molar-refractivity contribution is -0.149. The molecule has 0 bridgehead atoms. The number of benzene rings is 1. The molecule has 1 aromatic rings. The molecular formula is C18H20N2O3. The summed E-state index contributed by atoms with van der Waals surface area (Å²) in [6.07, 6.45) is 3.67. The highest BCUT2D eigenvalue weighted by Gasteiger charge is 2.65. The van der Waals surface area contributed by atoms with Gasteiger partial charge in [-0.25, -0.2) is 0 Å². The summed E-state index contributed by atoms with van der Waals surface area (Å²) in [6, 6.07) is 9.77. The third-order valence-corrected chi connectivity index (χ3v) is 5.75. The SMILES string of the molecule is O=C1C[C@@H]2C(=O)N(Cc3ccccc3)[C@H]3CCCC[C@]23C(=O)N1. The van der Waals surface area contributed by atoms with Crippen molar-refractivity contribution in [1.29, 1.82) is 0 Å². The Hall–Kier alpha value is -2.17. The number of piperidine rings is 1. The molecule has 0 unspecified atom stereocenters. The Balaban J connectivity index is 1.73. The van der Waals surface area contributed by atoms with Gasteiger partial charge in [-0.1, -0.05) is 43.2 Å². The molecule has 0 radical (unpaired) electrons. The van der Waals surface area contributed by atoms with Gasteiger partial charge in [-0.15, -0.1) is 0 Å². The minimum atomic E-state index is -0.696. The molecule has 1 spiro atoms. The highest BCUT2D eigenvalue weighted by atomic mass is 16.2. The third kappa shape index (κ3) is 2.02. The lowest BCUT2D eigenvalue weighted by Crippen LogP contribution is -2.58. The normalized spacial score (nSPS) is 33.2. The van der Waals surface area contributed by atoms with Crippen LogP contribution in [0.15, 0.2) is 30.3 Å². The van der Waals surface area contributed by atoms with E-state index in [4.69, 9.17) is 0 Å². The maximum Gasteiger partial charge on any atom is 0.235 e. The molecule has 1 aliphatic carbocycles. The van der Waals surface area contributed by atoms with Gasteiger partial charge in [0.2, 0.25) is 17.7 Å². The van der Waals surface area contributed by atoms with E-state index < -0.39 is 11.3 Å². The van der Waals surface area contributed by atoms with Crippen molar-refractivity contribution in [3.8, 4) is 0 Å². The van der Waals surface area contributed by atoms with E-state index in [1.165, 1.54) is 0 Å². The van der Waals surface area contributed by atoms with Crippen LogP contribution in [0.4, 0.5) is 0 Å². The second-order valence-electron chi connectivity index (χ2n) is 6.89. The maximum absolute atomic E-state index is 13.0. The smallest absolute Gasteiger partial charge is 0.235 e. The lowest BCUT2D eigenvalue weighted by atomic mass is 9.62. The minimum absolute atomic E-state index is 0.0241. The number of likely N-dealkylation sites (tertiary alicyclic amines) is 1. The average Bonchev–Trinajstić information content (AvgIpc) is 2.80. The van der Waals surface area contributed by atoms with Crippen molar-refractivity contribution >= 4 is 17.7 Å². The van der Waals surface area contributed by atoms with Crippen molar-refractivity contribution in [3.05, 3.63) is 35.9 Å². The molecule has 5 heteroatoms. The molecule has 2 heterocycles. The van der Waals surface area contributed by atoms with E-state index in [0.717, 1.165) is 24.8 Å². The predicted molar refractivity (Wildman–Crippen MR) is 82.9 cm³/mol. The van der Waals surface area contributed by atoms with Gasteiger partial charge in [0.05, 0.1) is 11.3 Å². The monoisotopic (exact) mass is 312 g/mol. The van der Waals surface area contributed by atoms with E-state index in [2.05, 4.69) is 5.32 Å². The number of nitrogens with zero attached hydrogens (tertiary/aromatic N) is 1. The summed E-state index contributed by atoms with van der Waals surface area (Å²) in [5.41, 5.74) is 0.366. The summed E-state index contributed by atoms with van der Waals surface area (Å²) in [5.74, 6) is -1.04. The van der Waals surface area contributed by atoms with Crippen LogP contribution in [0.2, 0.25) is 0 Å². The fraction of sp³-hybridized carbons (Fsp3) is 0.500. The van der Waals surface area contributed by atoms with Gasteiger partial charge in [-0.3, -0.25) is 19.7 Å². The molecule has 120 valence electrons. The van der Waals surface area contributed by atoms with E-state index >= 15 is 0 Å². The standard InChI is InChI=1S/C18H20N2O3/c21-15-10-13-16(22)20(11-12-6-2-1-3-7-12)14-8-4-5-9-18(13,14)17(23)19-15/h1-3,6-7,13-14H,4-5,8-11H2,(H,19,21,23)/t13-,14+,18+/m1/s1. The first-order valence-corrected chi connectivity index (χ1v) is 8.31. The molecule has 3 aliphatic rings. The van der Waals surface area contributed by atoms with Crippen molar-refractivity contribution in [3.63, 3.8) is 0 Å². The van der Waals surface area contributed by atoms with E-state index in [-0.39, 0.29) is 30.2 Å². The summed E-state index contributed by atoms with van der Waals surface area (Å²) in [7, 11) is 0. The number of hydrogen-bond acceptors (Lipinski definition) is 3. The predicted octanol–water partition coefficient (Wildman–Crippen LogP) is 1.62. The number of carbonyl (C=O) groups is 3. The molecule has 4 rings (SSSR count). The number of imide groups is 1. The van der Waals surface area contributed by atoms with Crippen molar-refractivity contribution in [2.45, 2.75) is 44.7 Å². The molecule has 5 nitrogen and oxygen atoms in total. The van der Waals surface area contributed by atoms with E-state index in [0.29, 0.717) is 13.0 Å². The fourth-order valence-electron chi connectivity index (χ4n) is 4.73. The van der Waals surface area contributed by atoms with Crippen LogP contribution in [0.1, 0.15) is 37.7 Å². The van der Waals surface area contributed by atoms with Crippen LogP contribution in [0.5, 0.6) is 0 Å². The quantitative estimate of drug-likeness (QED) is 0.844. The Bertz CT molecular complexity index is 672. The van der Waals surface area contributed by atoms with Crippen LogP contribution in [0.3, 0.4) is 0 Å². The van der Waals surface area contributed by atoms with E-state index in [1.807, 2.05) is 35.2 Å². The van der Waals surface area contributed by atoms with Gasteiger partial charge in [0.15, 0.2) is 0 Å². The Labute approximate surface area is 135 Å². The van der Waals surface area contributed by atoms with Crippen LogP contribution in [-0.2, 0) is 20.9 Å².